The molecule has 2 N–H and O–H groups in total. The fourth-order valence-corrected chi connectivity index (χ4v) is 0.986. The van der Waals surface area contributed by atoms with Gasteiger partial charge in [0.15, 0.2) is 0 Å². The zero-order valence-corrected chi connectivity index (χ0v) is 6.25. The Morgan fingerprint density at radius 1 is 1.30 bits per heavy atom. The lowest BCUT2D eigenvalue weighted by molar-refractivity contribution is 0.738. The predicted molar refractivity (Wildman–Crippen MR) is 43.8 cm³/mol. The third-order valence-electron chi connectivity index (χ3n) is 1.40. The Labute approximate surface area is 61.9 Å². The molecule has 1 unspecified atom stereocenters. The van der Waals surface area contributed by atoms with E-state index in [0.29, 0.717) is 0 Å². The van der Waals surface area contributed by atoms with Crippen LogP contribution in [0.4, 0.5) is 0 Å². The van der Waals surface area contributed by atoms with Crippen LogP contribution in [0.3, 0.4) is 0 Å². The minimum atomic E-state index is 0.266. The van der Waals surface area contributed by atoms with Crippen molar-refractivity contribution in [1.82, 2.24) is 0 Å². The van der Waals surface area contributed by atoms with Crippen LogP contribution in [-0.2, 0) is 6.42 Å². The van der Waals surface area contributed by atoms with Gasteiger partial charge in [0.2, 0.25) is 0 Å². The van der Waals surface area contributed by atoms with Crippen LogP contribution in [0.2, 0.25) is 0 Å². The summed E-state index contributed by atoms with van der Waals surface area (Å²) in [4.78, 5) is 0. The molecule has 0 spiro atoms. The Bertz CT molecular complexity index is 179. The van der Waals surface area contributed by atoms with E-state index in [-0.39, 0.29) is 6.04 Å². The normalized spacial score (nSPS) is 13.0. The van der Waals surface area contributed by atoms with Gasteiger partial charge in [0.05, 0.1) is 0 Å². The van der Waals surface area contributed by atoms with Crippen LogP contribution < -0.4 is 5.73 Å². The molecule has 0 saturated heterocycles. The van der Waals surface area contributed by atoms with E-state index in [1.807, 2.05) is 25.1 Å². The lowest BCUT2D eigenvalue weighted by atomic mass is 10.1. The van der Waals surface area contributed by atoms with Crippen molar-refractivity contribution in [3.63, 3.8) is 0 Å². The van der Waals surface area contributed by atoms with Crippen LogP contribution in [0.1, 0.15) is 12.5 Å². The summed E-state index contributed by atoms with van der Waals surface area (Å²) in [5.41, 5.74) is 6.94. The van der Waals surface area contributed by atoms with E-state index in [0.717, 1.165) is 6.42 Å². The molecule has 1 aromatic carbocycles. The van der Waals surface area contributed by atoms with Crippen molar-refractivity contribution < 1.29 is 0 Å². The van der Waals surface area contributed by atoms with Gasteiger partial charge in [0, 0.05) is 6.04 Å². The van der Waals surface area contributed by atoms with E-state index in [1.165, 1.54) is 5.56 Å². The second kappa shape index (κ2) is 3.37. The number of nitrogens with two attached hydrogens (primary N) is 1. The van der Waals surface area contributed by atoms with Gasteiger partial charge in [-0.2, -0.15) is 0 Å². The van der Waals surface area contributed by atoms with Gasteiger partial charge in [-0.05, 0) is 18.9 Å². The summed E-state index contributed by atoms with van der Waals surface area (Å²) in [6.07, 6.45) is 0.973. The van der Waals surface area contributed by atoms with Gasteiger partial charge < -0.3 is 5.73 Å². The molecule has 0 amide bonds. The largest absolute Gasteiger partial charge is 0.328 e. The first-order valence-electron chi connectivity index (χ1n) is 3.58. The van der Waals surface area contributed by atoms with Gasteiger partial charge in [0.25, 0.3) is 0 Å². The van der Waals surface area contributed by atoms with Crippen molar-refractivity contribution in [2.75, 3.05) is 0 Å². The Morgan fingerprint density at radius 3 is 2.40 bits per heavy atom. The van der Waals surface area contributed by atoms with Crippen LogP contribution in [0.5, 0.6) is 0 Å². The molecule has 0 aromatic heterocycles. The van der Waals surface area contributed by atoms with Gasteiger partial charge >= 0.3 is 0 Å². The molecule has 0 bridgehead atoms. The Morgan fingerprint density at radius 2 is 1.90 bits per heavy atom. The maximum Gasteiger partial charge on any atom is 0.00509 e. The molecule has 0 saturated carbocycles. The van der Waals surface area contributed by atoms with Gasteiger partial charge in [-0.1, -0.05) is 30.3 Å². The van der Waals surface area contributed by atoms with Crippen LogP contribution >= 0.6 is 0 Å². The first-order valence-corrected chi connectivity index (χ1v) is 3.58. The summed E-state index contributed by atoms with van der Waals surface area (Å²) in [5, 5.41) is 0. The van der Waals surface area contributed by atoms with Crippen molar-refractivity contribution in [3.05, 3.63) is 35.9 Å². The van der Waals surface area contributed by atoms with Crippen molar-refractivity contribution >= 4 is 0 Å². The molecule has 54 valence electrons. The Kier molecular flexibility index (Phi) is 2.46. The quantitative estimate of drug-likeness (QED) is 0.656. The SMILES string of the molecule is CC(N)Cc1cccc[13cH]1. The molecular formula is C9H13N. The van der Waals surface area contributed by atoms with Gasteiger partial charge in [-0.25, -0.2) is 0 Å². The van der Waals surface area contributed by atoms with Crippen LogP contribution in [0.15, 0.2) is 30.3 Å². The van der Waals surface area contributed by atoms with E-state index < -0.39 is 0 Å². The maximum atomic E-state index is 5.62. The summed E-state index contributed by atoms with van der Waals surface area (Å²) >= 11 is 0. The number of hydrogen-bond acceptors (Lipinski definition) is 1. The minimum Gasteiger partial charge on any atom is -0.328 e. The van der Waals surface area contributed by atoms with E-state index >= 15 is 0 Å². The molecule has 0 aliphatic carbocycles. The summed E-state index contributed by atoms with van der Waals surface area (Å²) in [5.74, 6) is 0. The summed E-state index contributed by atoms with van der Waals surface area (Å²) in [6.45, 7) is 2.02. The molecule has 0 aliphatic heterocycles. The number of benzene rings is 1. The highest BCUT2D eigenvalue weighted by Crippen LogP contribution is 2.00. The van der Waals surface area contributed by atoms with Crippen LogP contribution in [0.25, 0.3) is 0 Å². The number of rotatable bonds is 2. The Balaban J connectivity index is 2.59. The van der Waals surface area contributed by atoms with E-state index in [1.54, 1.807) is 0 Å². The van der Waals surface area contributed by atoms with Crippen LogP contribution in [-0.4, -0.2) is 6.04 Å². The fraction of sp³-hybridized carbons (Fsp3) is 0.333. The highest BCUT2D eigenvalue weighted by Gasteiger charge is 1.94. The van der Waals surface area contributed by atoms with Crippen molar-refractivity contribution in [2.24, 2.45) is 5.73 Å². The van der Waals surface area contributed by atoms with Gasteiger partial charge in [-0.15, -0.1) is 0 Å². The summed E-state index contributed by atoms with van der Waals surface area (Å²) in [7, 11) is 0. The average Bonchev–Trinajstić information content (AvgIpc) is 1.88. The average molecular weight is 136 g/mol. The summed E-state index contributed by atoms with van der Waals surface area (Å²) < 4.78 is 0. The van der Waals surface area contributed by atoms with Gasteiger partial charge in [0.1, 0.15) is 0 Å². The van der Waals surface area contributed by atoms with Crippen molar-refractivity contribution in [2.45, 2.75) is 19.4 Å². The topological polar surface area (TPSA) is 26.0 Å². The predicted octanol–water partition coefficient (Wildman–Crippen LogP) is 1.58. The zero-order valence-electron chi connectivity index (χ0n) is 6.25. The van der Waals surface area contributed by atoms with Crippen molar-refractivity contribution in [1.29, 1.82) is 0 Å². The van der Waals surface area contributed by atoms with Gasteiger partial charge in [-0.3, -0.25) is 0 Å². The van der Waals surface area contributed by atoms with E-state index in [2.05, 4.69) is 12.1 Å². The lowest BCUT2D eigenvalue weighted by Crippen LogP contribution is -2.17. The zero-order chi connectivity index (χ0) is 7.40. The molecule has 0 radical (unpaired) electrons. The highest BCUT2D eigenvalue weighted by molar-refractivity contribution is 5.15. The van der Waals surface area contributed by atoms with Crippen molar-refractivity contribution in [3.8, 4) is 0 Å². The minimum absolute atomic E-state index is 0.266. The molecule has 0 fully saturated rings. The molecule has 1 nitrogen and oxygen atoms in total. The number of hydrogen-bond donors (Lipinski definition) is 1. The molecule has 1 heteroatoms. The second-order valence-electron chi connectivity index (χ2n) is 2.67. The standard InChI is InChI=1S/C9H13N/c1-8(10)7-9-5-3-2-4-6-9/h2-6,8H,7,10H2,1H3/i5+1. The fourth-order valence-electron chi connectivity index (χ4n) is 0.986. The molecule has 1 aromatic rings. The monoisotopic (exact) mass is 136 g/mol. The molecule has 0 aliphatic rings. The molecule has 10 heavy (non-hydrogen) atoms. The highest BCUT2D eigenvalue weighted by atomic mass is 14.6. The smallest absolute Gasteiger partial charge is 0.00509 e. The van der Waals surface area contributed by atoms with E-state index in [9.17, 15) is 0 Å². The molecular weight excluding hydrogens is 123 g/mol. The Hall–Kier alpha value is -0.820. The first kappa shape index (κ1) is 7.29. The molecule has 1 rings (SSSR count). The molecule has 1 atom stereocenters. The third kappa shape index (κ3) is 2.19. The lowest BCUT2D eigenvalue weighted by Gasteiger charge is -2.02. The third-order valence-corrected chi connectivity index (χ3v) is 1.40. The van der Waals surface area contributed by atoms with Crippen LogP contribution in [0, 0.1) is 0 Å². The first-order chi connectivity index (χ1) is 4.79. The summed E-state index contributed by atoms with van der Waals surface area (Å²) in [6, 6.07) is 10.6. The maximum absolute atomic E-state index is 5.62. The molecule has 0 heterocycles. The van der Waals surface area contributed by atoms with E-state index in [4.69, 9.17) is 5.73 Å². The second-order valence-corrected chi connectivity index (χ2v) is 2.67.